The topological polar surface area (TPSA) is 90.9 Å². The van der Waals surface area contributed by atoms with Crippen molar-refractivity contribution in [1.29, 1.82) is 0 Å². The fourth-order valence-electron chi connectivity index (χ4n) is 1.20. The summed E-state index contributed by atoms with van der Waals surface area (Å²) in [7, 11) is 0. The Morgan fingerprint density at radius 2 is 2.33 bits per heavy atom. The van der Waals surface area contributed by atoms with E-state index in [4.69, 9.17) is 10.9 Å². The Bertz CT molecular complexity index is 250. The molecule has 0 aromatic carbocycles. The van der Waals surface area contributed by atoms with E-state index in [9.17, 15) is 4.79 Å². The van der Waals surface area contributed by atoms with Crippen molar-refractivity contribution in [3.63, 3.8) is 0 Å². The zero-order chi connectivity index (χ0) is 11.3. The molecule has 0 unspecified atom stereocenters. The molecule has 0 radical (unpaired) electrons. The van der Waals surface area contributed by atoms with Crippen molar-refractivity contribution in [2.75, 3.05) is 13.1 Å². The van der Waals surface area contributed by atoms with Gasteiger partial charge >= 0.3 is 6.03 Å². The summed E-state index contributed by atoms with van der Waals surface area (Å²) in [6, 6.07) is 0.293. The second-order valence-electron chi connectivity index (χ2n) is 3.64. The van der Waals surface area contributed by atoms with Crippen molar-refractivity contribution >= 4 is 11.9 Å². The average Bonchev–Trinajstić information content (AvgIpc) is 3.02. The Morgan fingerprint density at radius 1 is 1.67 bits per heavy atom. The first-order valence-corrected chi connectivity index (χ1v) is 5.19. The van der Waals surface area contributed by atoms with Crippen LogP contribution in [0.5, 0.6) is 0 Å². The zero-order valence-electron chi connectivity index (χ0n) is 8.94. The van der Waals surface area contributed by atoms with Gasteiger partial charge in [-0.05, 0) is 19.8 Å². The molecule has 1 aliphatic rings. The SMILES string of the molecule is CCN(CCC(N)=NO)C(=O)NC1CC1. The van der Waals surface area contributed by atoms with E-state index in [0.717, 1.165) is 12.8 Å². The number of nitrogens with one attached hydrogen (secondary N) is 1. The van der Waals surface area contributed by atoms with Gasteiger partial charge in [-0.25, -0.2) is 4.79 Å². The fraction of sp³-hybridized carbons (Fsp3) is 0.778. The number of amidine groups is 1. The number of urea groups is 1. The monoisotopic (exact) mass is 214 g/mol. The molecule has 0 heterocycles. The molecule has 0 atom stereocenters. The molecule has 6 nitrogen and oxygen atoms in total. The van der Waals surface area contributed by atoms with Gasteiger partial charge in [0, 0.05) is 25.6 Å². The minimum absolute atomic E-state index is 0.0641. The van der Waals surface area contributed by atoms with Crippen molar-refractivity contribution in [3.8, 4) is 0 Å². The van der Waals surface area contributed by atoms with Gasteiger partial charge in [-0.2, -0.15) is 0 Å². The maximum Gasteiger partial charge on any atom is 0.317 e. The summed E-state index contributed by atoms with van der Waals surface area (Å²) in [6.07, 6.45) is 2.54. The van der Waals surface area contributed by atoms with Crippen LogP contribution >= 0.6 is 0 Å². The molecule has 1 fully saturated rings. The molecule has 0 saturated heterocycles. The van der Waals surface area contributed by atoms with Gasteiger partial charge in [0.2, 0.25) is 0 Å². The molecule has 6 heteroatoms. The summed E-state index contributed by atoms with van der Waals surface area (Å²) in [4.78, 5) is 13.2. The third-order valence-corrected chi connectivity index (χ3v) is 2.34. The Hall–Kier alpha value is -1.46. The molecule has 0 aromatic heterocycles. The first-order chi connectivity index (χ1) is 7.17. The lowest BCUT2D eigenvalue weighted by Gasteiger charge is -2.20. The summed E-state index contributed by atoms with van der Waals surface area (Å²) in [5, 5.41) is 14.1. The van der Waals surface area contributed by atoms with Crippen LogP contribution < -0.4 is 11.1 Å². The number of oxime groups is 1. The molecule has 15 heavy (non-hydrogen) atoms. The third-order valence-electron chi connectivity index (χ3n) is 2.34. The average molecular weight is 214 g/mol. The first-order valence-electron chi connectivity index (χ1n) is 5.19. The predicted octanol–water partition coefficient (Wildman–Crippen LogP) is 0.317. The van der Waals surface area contributed by atoms with Crippen LogP contribution in [-0.2, 0) is 0 Å². The second kappa shape index (κ2) is 5.43. The van der Waals surface area contributed by atoms with Crippen LogP contribution in [0, 0.1) is 0 Å². The van der Waals surface area contributed by atoms with Crippen LogP contribution in [0.25, 0.3) is 0 Å². The molecular formula is C9H18N4O2. The van der Waals surface area contributed by atoms with Crippen LogP contribution in [0.4, 0.5) is 4.79 Å². The first kappa shape index (κ1) is 11.6. The number of hydrogen-bond acceptors (Lipinski definition) is 3. The van der Waals surface area contributed by atoms with Crippen molar-refractivity contribution in [2.45, 2.75) is 32.2 Å². The van der Waals surface area contributed by atoms with Crippen molar-refractivity contribution in [3.05, 3.63) is 0 Å². The van der Waals surface area contributed by atoms with Gasteiger partial charge in [0.05, 0.1) is 0 Å². The highest BCUT2D eigenvalue weighted by molar-refractivity contribution is 5.81. The molecule has 2 amide bonds. The number of nitrogens with two attached hydrogens (primary N) is 1. The normalized spacial score (nSPS) is 16.2. The molecule has 1 saturated carbocycles. The molecular weight excluding hydrogens is 196 g/mol. The van der Waals surface area contributed by atoms with Crippen LogP contribution in [0.3, 0.4) is 0 Å². The molecule has 0 aliphatic heterocycles. The van der Waals surface area contributed by atoms with E-state index in [2.05, 4.69) is 10.5 Å². The van der Waals surface area contributed by atoms with Crippen molar-refractivity contribution in [2.24, 2.45) is 10.9 Å². The highest BCUT2D eigenvalue weighted by atomic mass is 16.4. The van der Waals surface area contributed by atoms with Crippen LogP contribution in [0.2, 0.25) is 0 Å². The standard InChI is InChI=1S/C9H18N4O2/c1-2-13(6-5-8(10)12-15)9(14)11-7-3-4-7/h7,15H,2-6H2,1H3,(H2,10,12)(H,11,14). The van der Waals surface area contributed by atoms with Gasteiger partial charge in [0.15, 0.2) is 0 Å². The van der Waals surface area contributed by atoms with Gasteiger partial charge < -0.3 is 21.2 Å². The van der Waals surface area contributed by atoms with E-state index in [-0.39, 0.29) is 11.9 Å². The smallest absolute Gasteiger partial charge is 0.317 e. The summed E-state index contributed by atoms with van der Waals surface area (Å²) < 4.78 is 0. The molecule has 4 N–H and O–H groups in total. The van der Waals surface area contributed by atoms with Crippen LogP contribution in [0.15, 0.2) is 5.16 Å². The Labute approximate surface area is 89.1 Å². The second-order valence-corrected chi connectivity index (χ2v) is 3.64. The minimum atomic E-state index is -0.0641. The van der Waals surface area contributed by atoms with Gasteiger partial charge in [-0.15, -0.1) is 0 Å². The van der Waals surface area contributed by atoms with E-state index in [1.807, 2.05) is 6.92 Å². The molecule has 1 aliphatic carbocycles. The zero-order valence-corrected chi connectivity index (χ0v) is 8.94. The Balaban J connectivity index is 2.29. The highest BCUT2D eigenvalue weighted by Crippen LogP contribution is 2.18. The molecule has 0 spiro atoms. The van der Waals surface area contributed by atoms with Gasteiger partial charge in [0.1, 0.15) is 5.84 Å². The van der Waals surface area contributed by atoms with Crippen molar-refractivity contribution in [1.82, 2.24) is 10.2 Å². The number of rotatable bonds is 5. The lowest BCUT2D eigenvalue weighted by Crippen LogP contribution is -2.42. The maximum absolute atomic E-state index is 11.6. The lowest BCUT2D eigenvalue weighted by molar-refractivity contribution is 0.201. The summed E-state index contributed by atoms with van der Waals surface area (Å²) in [5.41, 5.74) is 5.33. The largest absolute Gasteiger partial charge is 0.409 e. The van der Waals surface area contributed by atoms with Crippen molar-refractivity contribution < 1.29 is 10.0 Å². The van der Waals surface area contributed by atoms with Gasteiger partial charge in [0.25, 0.3) is 0 Å². The third kappa shape index (κ3) is 4.05. The minimum Gasteiger partial charge on any atom is -0.409 e. The number of carbonyl (C=O) groups is 1. The number of hydrogen-bond donors (Lipinski definition) is 3. The fourth-order valence-corrected chi connectivity index (χ4v) is 1.20. The van der Waals surface area contributed by atoms with E-state index in [0.29, 0.717) is 25.6 Å². The molecule has 1 rings (SSSR count). The molecule has 0 aromatic rings. The van der Waals surface area contributed by atoms with Crippen LogP contribution in [-0.4, -0.2) is 41.1 Å². The Kier molecular flexibility index (Phi) is 4.20. The maximum atomic E-state index is 11.6. The Morgan fingerprint density at radius 3 is 2.80 bits per heavy atom. The number of carbonyl (C=O) groups excluding carboxylic acids is 1. The van der Waals surface area contributed by atoms with E-state index >= 15 is 0 Å². The van der Waals surface area contributed by atoms with E-state index in [1.54, 1.807) is 4.90 Å². The lowest BCUT2D eigenvalue weighted by atomic mass is 10.3. The summed E-state index contributed by atoms with van der Waals surface area (Å²) in [5.74, 6) is 0.146. The summed E-state index contributed by atoms with van der Waals surface area (Å²) >= 11 is 0. The van der Waals surface area contributed by atoms with E-state index < -0.39 is 0 Å². The summed E-state index contributed by atoms with van der Waals surface area (Å²) in [6.45, 7) is 3.00. The quantitative estimate of drug-likeness (QED) is 0.266. The van der Waals surface area contributed by atoms with Crippen LogP contribution in [0.1, 0.15) is 26.2 Å². The van der Waals surface area contributed by atoms with E-state index in [1.165, 1.54) is 0 Å². The predicted molar refractivity (Wildman–Crippen MR) is 56.8 cm³/mol. The highest BCUT2D eigenvalue weighted by Gasteiger charge is 2.25. The van der Waals surface area contributed by atoms with Gasteiger partial charge in [-0.1, -0.05) is 5.16 Å². The van der Waals surface area contributed by atoms with Gasteiger partial charge in [-0.3, -0.25) is 0 Å². The molecule has 86 valence electrons. The number of nitrogens with zero attached hydrogens (tertiary/aromatic N) is 2. The molecule has 0 bridgehead atoms. The number of amides is 2.